The largest absolute Gasteiger partial charge is 0.395 e. The van der Waals surface area contributed by atoms with E-state index in [-0.39, 0.29) is 12.6 Å². The van der Waals surface area contributed by atoms with Crippen LogP contribution in [0.2, 0.25) is 0 Å². The molecule has 3 heteroatoms. The summed E-state index contributed by atoms with van der Waals surface area (Å²) in [6.45, 7) is 7.73. The Morgan fingerprint density at radius 1 is 1.44 bits per heavy atom. The Hall–Kier alpha value is -0.120. The molecule has 3 nitrogen and oxygen atoms in total. The lowest BCUT2D eigenvalue weighted by Crippen LogP contribution is -2.47. The lowest BCUT2D eigenvalue weighted by atomic mass is 9.70. The summed E-state index contributed by atoms with van der Waals surface area (Å²) in [5.41, 5.74) is 0.419. The molecule has 1 fully saturated rings. The zero-order valence-electron chi connectivity index (χ0n) is 11.1. The van der Waals surface area contributed by atoms with Gasteiger partial charge in [0.1, 0.15) is 0 Å². The first-order valence-electron chi connectivity index (χ1n) is 6.32. The van der Waals surface area contributed by atoms with Crippen molar-refractivity contribution in [2.24, 2.45) is 11.3 Å². The Kier molecular flexibility index (Phi) is 5.22. The zero-order chi connectivity index (χ0) is 12.2. The summed E-state index contributed by atoms with van der Waals surface area (Å²) in [4.78, 5) is 0. The summed E-state index contributed by atoms with van der Waals surface area (Å²) in [6, 6.07) is 0.599. The van der Waals surface area contributed by atoms with E-state index in [0.717, 1.165) is 5.92 Å². The molecule has 2 N–H and O–H groups in total. The van der Waals surface area contributed by atoms with Crippen LogP contribution in [-0.2, 0) is 4.74 Å². The number of methoxy groups -OCH3 is 1. The molecule has 1 saturated carbocycles. The molecule has 0 aromatic carbocycles. The van der Waals surface area contributed by atoms with Gasteiger partial charge in [-0.1, -0.05) is 20.8 Å². The average Bonchev–Trinajstić information content (AvgIpc) is 2.13. The van der Waals surface area contributed by atoms with Crippen molar-refractivity contribution in [3.63, 3.8) is 0 Å². The van der Waals surface area contributed by atoms with Gasteiger partial charge in [0.25, 0.3) is 0 Å². The summed E-state index contributed by atoms with van der Waals surface area (Å²) < 4.78 is 5.09. The predicted octanol–water partition coefficient (Wildman–Crippen LogP) is 1.80. The Morgan fingerprint density at radius 3 is 2.62 bits per heavy atom. The van der Waals surface area contributed by atoms with E-state index in [9.17, 15) is 5.11 Å². The van der Waals surface area contributed by atoms with E-state index in [1.165, 1.54) is 19.3 Å². The van der Waals surface area contributed by atoms with Gasteiger partial charge in [-0.25, -0.2) is 0 Å². The first kappa shape index (κ1) is 13.9. The van der Waals surface area contributed by atoms with Crippen LogP contribution in [0.1, 0.15) is 40.0 Å². The maximum atomic E-state index is 9.24. The Bertz CT molecular complexity index is 206. The van der Waals surface area contributed by atoms with Crippen molar-refractivity contribution >= 4 is 0 Å². The number of hydrogen-bond donors (Lipinski definition) is 2. The second-order valence-corrected chi connectivity index (χ2v) is 6.11. The quantitative estimate of drug-likeness (QED) is 0.755. The lowest BCUT2D eigenvalue weighted by Gasteiger charge is -2.40. The first-order chi connectivity index (χ1) is 7.46. The second-order valence-electron chi connectivity index (χ2n) is 6.11. The normalized spacial score (nSPS) is 31.3. The minimum absolute atomic E-state index is 0.0797. The van der Waals surface area contributed by atoms with Crippen LogP contribution in [0.5, 0.6) is 0 Å². The molecule has 1 aliphatic rings. The lowest BCUT2D eigenvalue weighted by molar-refractivity contribution is 0.0934. The van der Waals surface area contributed by atoms with Gasteiger partial charge in [0.2, 0.25) is 0 Å². The van der Waals surface area contributed by atoms with E-state index in [0.29, 0.717) is 18.1 Å². The minimum Gasteiger partial charge on any atom is -0.395 e. The van der Waals surface area contributed by atoms with Crippen molar-refractivity contribution in [3.8, 4) is 0 Å². The molecule has 1 rings (SSSR count). The van der Waals surface area contributed by atoms with E-state index < -0.39 is 0 Å². The van der Waals surface area contributed by atoms with E-state index in [1.54, 1.807) is 7.11 Å². The number of aliphatic hydroxyl groups excluding tert-OH is 1. The van der Waals surface area contributed by atoms with Gasteiger partial charge in [0, 0.05) is 13.2 Å². The summed E-state index contributed by atoms with van der Waals surface area (Å²) in [6.07, 6.45) is 3.71. The molecule has 3 atom stereocenters. The van der Waals surface area contributed by atoms with Gasteiger partial charge in [-0.05, 0) is 30.6 Å². The van der Waals surface area contributed by atoms with Gasteiger partial charge < -0.3 is 15.2 Å². The summed E-state index contributed by atoms with van der Waals surface area (Å²) in [5, 5.41) is 12.8. The fraction of sp³-hybridized carbons (Fsp3) is 1.00. The molecule has 0 spiro atoms. The van der Waals surface area contributed by atoms with Gasteiger partial charge in [-0.3, -0.25) is 0 Å². The molecular weight excluding hydrogens is 202 g/mol. The Labute approximate surface area is 99.6 Å². The fourth-order valence-corrected chi connectivity index (χ4v) is 3.16. The van der Waals surface area contributed by atoms with Gasteiger partial charge in [-0.15, -0.1) is 0 Å². The summed E-state index contributed by atoms with van der Waals surface area (Å²) in [7, 11) is 1.68. The van der Waals surface area contributed by atoms with Gasteiger partial charge in [-0.2, -0.15) is 0 Å². The number of aliphatic hydroxyl groups is 1. The van der Waals surface area contributed by atoms with E-state index >= 15 is 0 Å². The third-order valence-corrected chi connectivity index (χ3v) is 3.45. The monoisotopic (exact) mass is 229 g/mol. The number of rotatable bonds is 5. The van der Waals surface area contributed by atoms with Crippen LogP contribution in [0.3, 0.4) is 0 Å². The van der Waals surface area contributed by atoms with Crippen molar-refractivity contribution in [1.82, 2.24) is 5.32 Å². The van der Waals surface area contributed by atoms with Crippen LogP contribution < -0.4 is 5.32 Å². The Balaban J connectivity index is 2.46. The molecule has 96 valence electrons. The van der Waals surface area contributed by atoms with Gasteiger partial charge in [0.05, 0.1) is 19.3 Å². The van der Waals surface area contributed by atoms with E-state index in [1.807, 2.05) is 0 Å². The maximum Gasteiger partial charge on any atom is 0.0638 e. The van der Waals surface area contributed by atoms with Gasteiger partial charge in [0.15, 0.2) is 0 Å². The molecule has 0 saturated heterocycles. The van der Waals surface area contributed by atoms with Crippen LogP contribution in [0.15, 0.2) is 0 Å². The predicted molar refractivity (Wildman–Crippen MR) is 66.5 cm³/mol. The van der Waals surface area contributed by atoms with E-state index in [4.69, 9.17) is 4.74 Å². The first-order valence-corrected chi connectivity index (χ1v) is 6.32. The molecule has 0 aromatic rings. The van der Waals surface area contributed by atoms with Crippen molar-refractivity contribution in [2.45, 2.75) is 52.1 Å². The average molecular weight is 229 g/mol. The smallest absolute Gasteiger partial charge is 0.0638 e. The molecule has 0 aliphatic heterocycles. The molecule has 0 radical (unpaired) electrons. The SMILES string of the molecule is COCC(CO)NC1CC(C)CC(C)(C)C1. The topological polar surface area (TPSA) is 41.5 Å². The highest BCUT2D eigenvalue weighted by Crippen LogP contribution is 2.38. The highest BCUT2D eigenvalue weighted by molar-refractivity contribution is 4.88. The van der Waals surface area contributed by atoms with E-state index in [2.05, 4.69) is 26.1 Å². The summed E-state index contributed by atoms with van der Waals surface area (Å²) in [5.74, 6) is 0.767. The number of hydrogen-bond acceptors (Lipinski definition) is 3. The molecule has 0 amide bonds. The van der Waals surface area contributed by atoms with Crippen LogP contribution >= 0.6 is 0 Å². The molecule has 0 heterocycles. The third-order valence-electron chi connectivity index (χ3n) is 3.45. The van der Waals surface area contributed by atoms with Crippen molar-refractivity contribution in [3.05, 3.63) is 0 Å². The fourth-order valence-electron chi connectivity index (χ4n) is 3.16. The number of nitrogens with one attached hydrogen (secondary N) is 1. The highest BCUT2D eigenvalue weighted by Gasteiger charge is 2.32. The highest BCUT2D eigenvalue weighted by atomic mass is 16.5. The maximum absolute atomic E-state index is 9.24. The molecule has 0 bridgehead atoms. The van der Waals surface area contributed by atoms with Crippen molar-refractivity contribution in [2.75, 3.05) is 20.3 Å². The van der Waals surface area contributed by atoms with Crippen LogP contribution in [-0.4, -0.2) is 37.5 Å². The minimum atomic E-state index is 0.0797. The molecule has 16 heavy (non-hydrogen) atoms. The second kappa shape index (κ2) is 5.99. The van der Waals surface area contributed by atoms with Crippen LogP contribution in [0, 0.1) is 11.3 Å². The summed E-state index contributed by atoms with van der Waals surface area (Å²) >= 11 is 0. The molecule has 0 aromatic heterocycles. The molecule has 1 aliphatic carbocycles. The van der Waals surface area contributed by atoms with Crippen molar-refractivity contribution < 1.29 is 9.84 Å². The third kappa shape index (κ3) is 4.40. The van der Waals surface area contributed by atoms with Crippen LogP contribution in [0.25, 0.3) is 0 Å². The van der Waals surface area contributed by atoms with Crippen molar-refractivity contribution in [1.29, 1.82) is 0 Å². The zero-order valence-corrected chi connectivity index (χ0v) is 11.1. The van der Waals surface area contributed by atoms with Gasteiger partial charge >= 0.3 is 0 Å². The standard InChI is InChI=1S/C13H27NO2/c1-10-5-11(7-13(2,3)6-10)14-12(8-15)9-16-4/h10-12,14-15H,5-9H2,1-4H3. The van der Waals surface area contributed by atoms with Crippen LogP contribution in [0.4, 0.5) is 0 Å². The number of ether oxygens (including phenoxy) is 1. The molecule has 3 unspecified atom stereocenters. The molecular formula is C13H27NO2. The Morgan fingerprint density at radius 2 is 2.12 bits per heavy atom.